The lowest BCUT2D eigenvalue weighted by atomic mass is 10.0. The van der Waals surface area contributed by atoms with Gasteiger partial charge in [-0.1, -0.05) is 18.2 Å². The minimum atomic E-state index is -0.197. The van der Waals surface area contributed by atoms with Crippen molar-refractivity contribution in [3.63, 3.8) is 0 Å². The van der Waals surface area contributed by atoms with Crippen LogP contribution >= 0.6 is 11.6 Å². The number of hydrogen-bond acceptors (Lipinski definition) is 2. The average molecular weight is 241 g/mol. The van der Waals surface area contributed by atoms with Crippen molar-refractivity contribution < 1.29 is 9.53 Å². The van der Waals surface area contributed by atoms with Crippen LogP contribution in [-0.2, 0) is 22.4 Å². The maximum atomic E-state index is 11.2. The largest absolute Gasteiger partial charge is 0.469 e. The van der Waals surface area contributed by atoms with Gasteiger partial charge in [-0.3, -0.25) is 4.79 Å². The van der Waals surface area contributed by atoms with E-state index in [4.69, 9.17) is 11.6 Å². The van der Waals surface area contributed by atoms with Crippen molar-refractivity contribution in [3.8, 4) is 0 Å². The summed E-state index contributed by atoms with van der Waals surface area (Å²) in [6, 6.07) is 6.20. The number of methoxy groups -OCH3 is 1. The van der Waals surface area contributed by atoms with E-state index in [1.807, 2.05) is 13.0 Å². The number of hydrogen-bond donors (Lipinski definition) is 0. The van der Waals surface area contributed by atoms with Gasteiger partial charge in [-0.05, 0) is 36.5 Å². The van der Waals surface area contributed by atoms with Crippen LogP contribution in [0.5, 0.6) is 0 Å². The Morgan fingerprint density at radius 1 is 1.44 bits per heavy atom. The van der Waals surface area contributed by atoms with Crippen molar-refractivity contribution in [3.05, 3.63) is 34.9 Å². The van der Waals surface area contributed by atoms with Crippen LogP contribution in [-0.4, -0.2) is 19.0 Å². The van der Waals surface area contributed by atoms with Gasteiger partial charge < -0.3 is 4.74 Å². The molecule has 0 amide bonds. The second-order valence-corrected chi connectivity index (χ2v) is 4.18. The zero-order valence-electron chi connectivity index (χ0n) is 9.75. The maximum absolute atomic E-state index is 11.2. The molecule has 2 nitrogen and oxygen atoms in total. The number of aryl methyl sites for hydroxylation is 2. The van der Waals surface area contributed by atoms with Crippen molar-refractivity contribution in [2.45, 2.75) is 26.2 Å². The predicted molar refractivity (Wildman–Crippen MR) is 65.9 cm³/mol. The summed E-state index contributed by atoms with van der Waals surface area (Å²) in [6.45, 7) is 2.00. The minimum Gasteiger partial charge on any atom is -0.469 e. The summed E-state index contributed by atoms with van der Waals surface area (Å²) in [7, 11) is 1.41. The van der Waals surface area contributed by atoms with Gasteiger partial charge in [0.15, 0.2) is 0 Å². The third kappa shape index (κ3) is 3.86. The highest BCUT2D eigenvalue weighted by molar-refractivity contribution is 6.17. The lowest BCUT2D eigenvalue weighted by molar-refractivity contribution is -0.139. The van der Waals surface area contributed by atoms with E-state index in [9.17, 15) is 4.79 Å². The average Bonchev–Trinajstić information content (AvgIpc) is 2.30. The van der Waals surface area contributed by atoms with E-state index in [-0.39, 0.29) is 5.97 Å². The van der Waals surface area contributed by atoms with Crippen molar-refractivity contribution >= 4 is 17.6 Å². The Morgan fingerprint density at radius 3 is 2.81 bits per heavy atom. The fourth-order valence-corrected chi connectivity index (χ4v) is 1.70. The van der Waals surface area contributed by atoms with Crippen LogP contribution in [0.4, 0.5) is 0 Å². The number of esters is 1. The fraction of sp³-hybridized carbons (Fsp3) is 0.462. The van der Waals surface area contributed by atoms with Gasteiger partial charge in [0, 0.05) is 5.88 Å². The Balaban J connectivity index is 2.77. The third-order valence-electron chi connectivity index (χ3n) is 2.58. The maximum Gasteiger partial charge on any atom is 0.309 e. The molecule has 16 heavy (non-hydrogen) atoms. The SMILES string of the molecule is COC(=O)Cc1cc(CCCCl)ccc1C. The summed E-state index contributed by atoms with van der Waals surface area (Å²) < 4.78 is 4.67. The highest BCUT2D eigenvalue weighted by Gasteiger charge is 2.06. The Kier molecular flexibility index (Phi) is 5.33. The molecule has 0 fully saturated rings. The molecule has 0 saturated carbocycles. The summed E-state index contributed by atoms with van der Waals surface area (Å²) in [5.41, 5.74) is 3.39. The highest BCUT2D eigenvalue weighted by Crippen LogP contribution is 2.14. The molecule has 0 saturated heterocycles. The van der Waals surface area contributed by atoms with Crippen LogP contribution in [0, 0.1) is 6.92 Å². The fourth-order valence-electron chi connectivity index (χ4n) is 1.57. The first kappa shape index (κ1) is 13.0. The van der Waals surface area contributed by atoms with Crippen LogP contribution in [0.1, 0.15) is 23.1 Å². The molecule has 0 heterocycles. The molecule has 0 spiro atoms. The first-order valence-electron chi connectivity index (χ1n) is 5.38. The number of alkyl halides is 1. The number of halogens is 1. The van der Waals surface area contributed by atoms with E-state index in [1.54, 1.807) is 0 Å². The van der Waals surface area contributed by atoms with Gasteiger partial charge in [0.1, 0.15) is 0 Å². The number of rotatable bonds is 5. The summed E-state index contributed by atoms with van der Waals surface area (Å²) >= 11 is 5.66. The Labute approximate surface area is 102 Å². The van der Waals surface area contributed by atoms with Crippen molar-refractivity contribution in [2.24, 2.45) is 0 Å². The summed E-state index contributed by atoms with van der Waals surface area (Å²) in [5.74, 6) is 0.470. The van der Waals surface area contributed by atoms with E-state index >= 15 is 0 Å². The van der Waals surface area contributed by atoms with E-state index < -0.39 is 0 Å². The molecule has 0 aromatic heterocycles. The van der Waals surface area contributed by atoms with Crippen molar-refractivity contribution in [1.29, 1.82) is 0 Å². The topological polar surface area (TPSA) is 26.3 Å². The molecule has 0 N–H and O–H groups in total. The molecule has 0 bridgehead atoms. The first-order valence-corrected chi connectivity index (χ1v) is 5.92. The van der Waals surface area contributed by atoms with Crippen molar-refractivity contribution in [1.82, 2.24) is 0 Å². The summed E-state index contributed by atoms with van der Waals surface area (Å²) in [4.78, 5) is 11.2. The molecule has 0 atom stereocenters. The Morgan fingerprint density at radius 2 is 2.19 bits per heavy atom. The quantitative estimate of drug-likeness (QED) is 0.584. The second-order valence-electron chi connectivity index (χ2n) is 3.81. The molecule has 0 radical (unpaired) electrons. The van der Waals surface area contributed by atoms with E-state index in [0.717, 1.165) is 24.0 Å². The number of carbonyl (C=O) groups excluding carboxylic acids is 1. The molecule has 0 aliphatic heterocycles. The van der Waals surface area contributed by atoms with Crippen LogP contribution in [0.3, 0.4) is 0 Å². The molecule has 3 heteroatoms. The second kappa shape index (κ2) is 6.54. The van der Waals surface area contributed by atoms with Gasteiger partial charge in [-0.2, -0.15) is 0 Å². The lowest BCUT2D eigenvalue weighted by Crippen LogP contribution is -2.06. The normalized spacial score (nSPS) is 10.2. The molecule has 1 aromatic carbocycles. The van der Waals surface area contributed by atoms with Crippen LogP contribution in [0.15, 0.2) is 18.2 Å². The van der Waals surface area contributed by atoms with Gasteiger partial charge in [0.25, 0.3) is 0 Å². The van der Waals surface area contributed by atoms with Gasteiger partial charge in [-0.25, -0.2) is 0 Å². The summed E-state index contributed by atoms with van der Waals surface area (Å²) in [6.07, 6.45) is 2.26. The molecule has 1 aromatic rings. The van der Waals surface area contributed by atoms with E-state index in [2.05, 4.69) is 16.9 Å². The van der Waals surface area contributed by atoms with Crippen LogP contribution in [0.2, 0.25) is 0 Å². The standard InChI is InChI=1S/C13H17ClO2/c1-10-5-6-11(4-3-7-14)8-12(10)9-13(15)16-2/h5-6,8H,3-4,7,9H2,1-2H3. The lowest BCUT2D eigenvalue weighted by Gasteiger charge is -2.07. The number of benzene rings is 1. The zero-order chi connectivity index (χ0) is 12.0. The van der Waals surface area contributed by atoms with E-state index in [1.165, 1.54) is 12.7 Å². The Hall–Kier alpha value is -1.02. The van der Waals surface area contributed by atoms with Gasteiger partial charge in [0.2, 0.25) is 0 Å². The van der Waals surface area contributed by atoms with Gasteiger partial charge in [-0.15, -0.1) is 11.6 Å². The molecular weight excluding hydrogens is 224 g/mol. The predicted octanol–water partition coefficient (Wildman–Crippen LogP) is 2.88. The summed E-state index contributed by atoms with van der Waals surface area (Å²) in [5, 5.41) is 0. The first-order chi connectivity index (χ1) is 7.67. The number of ether oxygens (including phenoxy) is 1. The Bertz CT molecular complexity index is 361. The number of carbonyl (C=O) groups is 1. The molecule has 0 aliphatic carbocycles. The van der Waals surface area contributed by atoms with E-state index in [0.29, 0.717) is 12.3 Å². The molecule has 0 unspecified atom stereocenters. The molecular formula is C13H17ClO2. The zero-order valence-corrected chi connectivity index (χ0v) is 10.5. The van der Waals surface area contributed by atoms with Gasteiger partial charge >= 0.3 is 5.97 Å². The molecule has 88 valence electrons. The monoisotopic (exact) mass is 240 g/mol. The minimum absolute atomic E-state index is 0.197. The smallest absolute Gasteiger partial charge is 0.309 e. The highest BCUT2D eigenvalue weighted by atomic mass is 35.5. The third-order valence-corrected chi connectivity index (χ3v) is 2.84. The van der Waals surface area contributed by atoms with Crippen LogP contribution in [0.25, 0.3) is 0 Å². The molecule has 0 aliphatic rings. The van der Waals surface area contributed by atoms with Crippen molar-refractivity contribution in [2.75, 3.05) is 13.0 Å². The van der Waals surface area contributed by atoms with Gasteiger partial charge in [0.05, 0.1) is 13.5 Å². The van der Waals surface area contributed by atoms with Crippen LogP contribution < -0.4 is 0 Å². The molecule has 1 rings (SSSR count).